The lowest BCUT2D eigenvalue weighted by Gasteiger charge is -2.29. The third kappa shape index (κ3) is 5.63. The molecule has 0 aliphatic carbocycles. The van der Waals surface area contributed by atoms with E-state index in [-0.39, 0.29) is 35.7 Å². The summed E-state index contributed by atoms with van der Waals surface area (Å²) in [4.78, 5) is 33.6. The highest BCUT2D eigenvalue weighted by atomic mass is 16.2. The fourth-order valence-electron chi connectivity index (χ4n) is 1.45. The lowest BCUT2D eigenvalue weighted by atomic mass is 9.84. The van der Waals surface area contributed by atoms with Crippen LogP contribution in [-0.2, 0) is 14.4 Å². The highest BCUT2D eigenvalue weighted by Crippen LogP contribution is 2.20. The Morgan fingerprint density at radius 3 is 1.88 bits per heavy atom. The van der Waals surface area contributed by atoms with E-state index in [1.165, 1.54) is 13.8 Å². The molecule has 0 heterocycles. The van der Waals surface area contributed by atoms with Crippen molar-refractivity contribution >= 4 is 17.5 Å². The van der Waals surface area contributed by atoms with Crippen LogP contribution >= 0.6 is 0 Å². The van der Waals surface area contributed by atoms with Crippen molar-refractivity contribution in [1.29, 1.82) is 0 Å². The molecule has 1 amide bonds. The Bertz CT molecular complexity index is 289. The number of hydrogen-bond donors (Lipinski definition) is 1. The lowest BCUT2D eigenvalue weighted by Crippen LogP contribution is -2.48. The summed E-state index contributed by atoms with van der Waals surface area (Å²) in [5, 5.41) is 2.67. The minimum Gasteiger partial charge on any atom is -0.346 e. The van der Waals surface area contributed by atoms with E-state index in [4.69, 9.17) is 0 Å². The summed E-state index contributed by atoms with van der Waals surface area (Å²) in [6, 6.07) is -0.494. The fraction of sp³-hybridized carbons (Fsp3) is 0.750. The van der Waals surface area contributed by atoms with Crippen molar-refractivity contribution in [3.05, 3.63) is 0 Å². The van der Waals surface area contributed by atoms with E-state index >= 15 is 0 Å². The van der Waals surface area contributed by atoms with E-state index in [9.17, 15) is 14.4 Å². The van der Waals surface area contributed by atoms with Gasteiger partial charge in [-0.3, -0.25) is 9.59 Å². The number of Topliss-reactive ketones (excluding diaryl/α,β-unsaturated/α-hetero) is 2. The highest BCUT2D eigenvalue weighted by Gasteiger charge is 2.29. The number of amides is 1. The first kappa shape index (κ1) is 14.8. The van der Waals surface area contributed by atoms with Crippen LogP contribution in [0.1, 0.15) is 47.5 Å². The lowest BCUT2D eigenvalue weighted by molar-refractivity contribution is -0.130. The minimum atomic E-state index is -0.494. The van der Waals surface area contributed by atoms with Crippen LogP contribution in [0.3, 0.4) is 0 Å². The molecule has 0 saturated heterocycles. The number of carbonyl (C=O) groups excluding carboxylic acids is 3. The maximum Gasteiger partial charge on any atom is 0.221 e. The molecule has 0 saturated carbocycles. The zero-order valence-corrected chi connectivity index (χ0v) is 10.7. The van der Waals surface area contributed by atoms with Crippen LogP contribution in [0.15, 0.2) is 0 Å². The molecule has 0 rings (SSSR count). The van der Waals surface area contributed by atoms with Gasteiger partial charge in [-0.1, -0.05) is 20.8 Å². The average molecular weight is 227 g/mol. The summed E-state index contributed by atoms with van der Waals surface area (Å²) in [5.41, 5.74) is -0.308. The van der Waals surface area contributed by atoms with E-state index < -0.39 is 6.04 Å². The Morgan fingerprint density at radius 2 is 1.56 bits per heavy atom. The van der Waals surface area contributed by atoms with Crippen LogP contribution in [0, 0.1) is 5.41 Å². The van der Waals surface area contributed by atoms with Gasteiger partial charge < -0.3 is 10.1 Å². The summed E-state index contributed by atoms with van der Waals surface area (Å²) in [6.45, 7) is 8.58. The van der Waals surface area contributed by atoms with Crippen molar-refractivity contribution in [2.45, 2.75) is 53.5 Å². The Labute approximate surface area is 96.8 Å². The number of hydrogen-bond acceptors (Lipinski definition) is 3. The van der Waals surface area contributed by atoms with Gasteiger partial charge in [0.15, 0.2) is 5.78 Å². The van der Waals surface area contributed by atoms with E-state index in [0.717, 1.165) is 0 Å². The van der Waals surface area contributed by atoms with Crippen molar-refractivity contribution in [3.8, 4) is 0 Å². The molecule has 0 bridgehead atoms. The number of nitrogens with one attached hydrogen (secondary N) is 1. The number of carbonyl (C=O) groups is 3. The topological polar surface area (TPSA) is 63.2 Å². The fourth-order valence-corrected chi connectivity index (χ4v) is 1.45. The molecule has 0 aromatic heterocycles. The summed E-state index contributed by atoms with van der Waals surface area (Å²) in [6.07, 6.45) is 0.371. The maximum absolute atomic E-state index is 11.5. The summed E-state index contributed by atoms with van der Waals surface area (Å²) in [5.74, 6) is -0.334. The van der Waals surface area contributed by atoms with Crippen LogP contribution < -0.4 is 5.32 Å². The average Bonchev–Trinajstić information content (AvgIpc) is 2.08. The molecule has 4 heteroatoms. The molecule has 4 nitrogen and oxygen atoms in total. The Morgan fingerprint density at radius 1 is 1.06 bits per heavy atom. The first-order valence-corrected chi connectivity index (χ1v) is 5.44. The number of rotatable bonds is 5. The molecular weight excluding hydrogens is 206 g/mol. The van der Waals surface area contributed by atoms with Crippen LogP contribution in [0.2, 0.25) is 0 Å². The van der Waals surface area contributed by atoms with Crippen LogP contribution in [0.25, 0.3) is 0 Å². The molecule has 92 valence electrons. The molecule has 16 heavy (non-hydrogen) atoms. The van der Waals surface area contributed by atoms with Crippen LogP contribution in [0.4, 0.5) is 0 Å². The minimum absolute atomic E-state index is 0.0229. The zero-order valence-electron chi connectivity index (χ0n) is 10.7. The molecule has 0 fully saturated rings. The first-order valence-electron chi connectivity index (χ1n) is 5.44. The van der Waals surface area contributed by atoms with Gasteiger partial charge in [-0.2, -0.15) is 0 Å². The molecule has 0 aromatic carbocycles. The number of ketones is 2. The van der Waals surface area contributed by atoms with Crippen LogP contribution in [0.5, 0.6) is 0 Å². The van der Waals surface area contributed by atoms with Gasteiger partial charge in [-0.05, 0) is 19.3 Å². The van der Waals surface area contributed by atoms with Gasteiger partial charge in [0.05, 0.1) is 6.04 Å². The van der Waals surface area contributed by atoms with Crippen molar-refractivity contribution < 1.29 is 14.4 Å². The quantitative estimate of drug-likeness (QED) is 0.773. The SMILES string of the molecule is CC(=O)CCC(=O)NC(C(C)=O)C(C)(C)C. The van der Waals surface area contributed by atoms with Gasteiger partial charge in [-0.15, -0.1) is 0 Å². The second kappa shape index (κ2) is 5.77. The smallest absolute Gasteiger partial charge is 0.221 e. The first-order chi connectivity index (χ1) is 7.14. The standard InChI is InChI=1S/C12H21NO3/c1-8(14)6-7-10(16)13-11(9(2)15)12(3,4)5/h11H,6-7H2,1-5H3,(H,13,16). The summed E-state index contributed by atoms with van der Waals surface area (Å²) < 4.78 is 0. The summed E-state index contributed by atoms with van der Waals surface area (Å²) >= 11 is 0. The molecule has 0 aromatic rings. The Balaban J connectivity index is 4.37. The Hall–Kier alpha value is -1.19. The van der Waals surface area contributed by atoms with Gasteiger partial charge in [0.25, 0.3) is 0 Å². The van der Waals surface area contributed by atoms with Gasteiger partial charge in [0.1, 0.15) is 5.78 Å². The van der Waals surface area contributed by atoms with E-state index in [1.54, 1.807) is 0 Å². The van der Waals surface area contributed by atoms with Crippen molar-refractivity contribution in [3.63, 3.8) is 0 Å². The van der Waals surface area contributed by atoms with Crippen molar-refractivity contribution in [1.82, 2.24) is 5.32 Å². The molecular formula is C12H21NO3. The molecule has 0 aliphatic heterocycles. The molecule has 0 aliphatic rings. The highest BCUT2D eigenvalue weighted by molar-refractivity contribution is 5.89. The van der Waals surface area contributed by atoms with Gasteiger partial charge >= 0.3 is 0 Å². The second-order valence-corrected chi connectivity index (χ2v) is 5.18. The zero-order chi connectivity index (χ0) is 12.9. The molecule has 0 radical (unpaired) electrons. The van der Waals surface area contributed by atoms with Gasteiger partial charge in [0, 0.05) is 12.8 Å². The van der Waals surface area contributed by atoms with Crippen molar-refractivity contribution in [2.75, 3.05) is 0 Å². The molecule has 1 unspecified atom stereocenters. The normalized spacial score (nSPS) is 13.1. The maximum atomic E-state index is 11.5. The Kier molecular flexibility index (Phi) is 5.35. The predicted octanol–water partition coefficient (Wildman–Crippen LogP) is 1.48. The molecule has 1 atom stereocenters. The molecule has 0 spiro atoms. The van der Waals surface area contributed by atoms with E-state index in [0.29, 0.717) is 0 Å². The summed E-state index contributed by atoms with van der Waals surface area (Å²) in [7, 11) is 0. The van der Waals surface area contributed by atoms with Gasteiger partial charge in [0.2, 0.25) is 5.91 Å². The van der Waals surface area contributed by atoms with E-state index in [2.05, 4.69) is 5.32 Å². The predicted molar refractivity (Wildman–Crippen MR) is 62.0 cm³/mol. The third-order valence-electron chi connectivity index (χ3n) is 2.28. The van der Waals surface area contributed by atoms with Crippen molar-refractivity contribution in [2.24, 2.45) is 5.41 Å². The van der Waals surface area contributed by atoms with Crippen LogP contribution in [-0.4, -0.2) is 23.5 Å². The molecule has 1 N–H and O–H groups in total. The second-order valence-electron chi connectivity index (χ2n) is 5.18. The van der Waals surface area contributed by atoms with Gasteiger partial charge in [-0.25, -0.2) is 0 Å². The third-order valence-corrected chi connectivity index (χ3v) is 2.28. The monoisotopic (exact) mass is 227 g/mol. The van der Waals surface area contributed by atoms with E-state index in [1.807, 2.05) is 20.8 Å². The largest absolute Gasteiger partial charge is 0.346 e.